The molecule has 126 valence electrons. The Morgan fingerprint density at radius 1 is 1.17 bits per heavy atom. The van der Waals surface area contributed by atoms with Crippen molar-refractivity contribution in [3.63, 3.8) is 0 Å². The molecule has 0 unspecified atom stereocenters. The van der Waals surface area contributed by atoms with Gasteiger partial charge in [0.15, 0.2) is 5.96 Å². The van der Waals surface area contributed by atoms with Gasteiger partial charge in [0, 0.05) is 23.3 Å². The number of rotatable bonds is 5. The number of nitrogens with one attached hydrogen (secondary N) is 2. The third-order valence-electron chi connectivity index (χ3n) is 3.14. The maximum atomic E-state index is 13.5. The van der Waals surface area contributed by atoms with Crippen LogP contribution in [-0.2, 0) is 13.0 Å². The van der Waals surface area contributed by atoms with Gasteiger partial charge >= 0.3 is 0 Å². The molecule has 0 aliphatic heterocycles. The molecule has 3 nitrogen and oxygen atoms in total. The summed E-state index contributed by atoms with van der Waals surface area (Å²) in [6.45, 7) is 3.23. The number of aryl methyl sites for hydroxylation is 1. The molecular formula is C16H20F2IN3S. The van der Waals surface area contributed by atoms with Crippen LogP contribution in [0.2, 0.25) is 0 Å². The van der Waals surface area contributed by atoms with E-state index in [0.717, 1.165) is 12.1 Å². The van der Waals surface area contributed by atoms with E-state index in [1.54, 1.807) is 18.4 Å². The molecule has 0 saturated carbocycles. The van der Waals surface area contributed by atoms with Crippen LogP contribution in [0.3, 0.4) is 0 Å². The number of guanidine groups is 1. The number of hydrogen-bond acceptors (Lipinski definition) is 2. The van der Waals surface area contributed by atoms with E-state index in [1.807, 2.05) is 0 Å². The Balaban J connectivity index is 0.00000264. The number of nitrogens with zero attached hydrogens (tertiary/aromatic N) is 1. The SMILES string of the molecule is CN=C(NCCc1cc(F)ccc1F)NCc1ccc(C)s1.I. The molecule has 0 bridgehead atoms. The lowest BCUT2D eigenvalue weighted by Gasteiger charge is -2.11. The summed E-state index contributed by atoms with van der Waals surface area (Å²) in [5, 5.41) is 6.29. The predicted molar refractivity (Wildman–Crippen MR) is 103 cm³/mol. The zero-order chi connectivity index (χ0) is 15.9. The van der Waals surface area contributed by atoms with Crippen LogP contribution >= 0.6 is 35.3 Å². The van der Waals surface area contributed by atoms with E-state index in [1.165, 1.54) is 15.8 Å². The highest BCUT2D eigenvalue weighted by Gasteiger charge is 2.05. The van der Waals surface area contributed by atoms with Crippen molar-refractivity contribution in [2.45, 2.75) is 19.9 Å². The molecule has 2 rings (SSSR count). The average Bonchev–Trinajstić information content (AvgIpc) is 2.91. The topological polar surface area (TPSA) is 36.4 Å². The van der Waals surface area contributed by atoms with Crippen molar-refractivity contribution in [1.82, 2.24) is 10.6 Å². The van der Waals surface area contributed by atoms with E-state index in [-0.39, 0.29) is 29.8 Å². The fraction of sp³-hybridized carbons (Fsp3) is 0.312. The minimum Gasteiger partial charge on any atom is -0.356 e. The van der Waals surface area contributed by atoms with Crippen LogP contribution in [0.25, 0.3) is 0 Å². The predicted octanol–water partition coefficient (Wildman–Crippen LogP) is 3.86. The standard InChI is InChI=1S/C16H19F2N3S.HI/c1-11-3-5-14(22-11)10-21-16(19-2)20-8-7-12-9-13(17)4-6-15(12)18;/h3-6,9H,7-8,10H2,1-2H3,(H2,19,20,21);1H. The van der Waals surface area contributed by atoms with Crippen molar-refractivity contribution in [2.24, 2.45) is 4.99 Å². The molecule has 0 amide bonds. The van der Waals surface area contributed by atoms with Crippen LogP contribution < -0.4 is 10.6 Å². The second-order valence-electron chi connectivity index (χ2n) is 4.85. The zero-order valence-electron chi connectivity index (χ0n) is 13.0. The number of hydrogen-bond donors (Lipinski definition) is 2. The first-order valence-electron chi connectivity index (χ1n) is 7.02. The minimum absolute atomic E-state index is 0. The largest absolute Gasteiger partial charge is 0.356 e. The third kappa shape index (κ3) is 6.42. The summed E-state index contributed by atoms with van der Waals surface area (Å²) >= 11 is 1.73. The highest BCUT2D eigenvalue weighted by Crippen LogP contribution is 2.14. The van der Waals surface area contributed by atoms with Crippen LogP contribution in [0.15, 0.2) is 35.3 Å². The van der Waals surface area contributed by atoms with Crippen molar-refractivity contribution in [1.29, 1.82) is 0 Å². The molecule has 0 radical (unpaired) electrons. The maximum Gasteiger partial charge on any atom is 0.191 e. The van der Waals surface area contributed by atoms with Gasteiger partial charge in [-0.15, -0.1) is 35.3 Å². The summed E-state index contributed by atoms with van der Waals surface area (Å²) in [5.41, 5.74) is 0.358. The fourth-order valence-electron chi connectivity index (χ4n) is 2.02. The molecule has 23 heavy (non-hydrogen) atoms. The van der Waals surface area contributed by atoms with Gasteiger partial charge in [0.05, 0.1) is 6.54 Å². The van der Waals surface area contributed by atoms with Gasteiger partial charge in [-0.2, -0.15) is 0 Å². The minimum atomic E-state index is -0.424. The molecule has 2 N–H and O–H groups in total. The van der Waals surface area contributed by atoms with Gasteiger partial charge in [-0.05, 0) is 49.2 Å². The monoisotopic (exact) mass is 451 g/mol. The van der Waals surface area contributed by atoms with Gasteiger partial charge in [0.25, 0.3) is 0 Å². The molecule has 1 aromatic carbocycles. The lowest BCUT2D eigenvalue weighted by molar-refractivity contribution is 0.583. The second-order valence-corrected chi connectivity index (χ2v) is 6.22. The van der Waals surface area contributed by atoms with Crippen LogP contribution in [0.4, 0.5) is 8.78 Å². The maximum absolute atomic E-state index is 13.5. The van der Waals surface area contributed by atoms with Gasteiger partial charge in [-0.25, -0.2) is 8.78 Å². The lowest BCUT2D eigenvalue weighted by Crippen LogP contribution is -2.37. The van der Waals surface area contributed by atoms with Gasteiger partial charge in [-0.1, -0.05) is 0 Å². The van der Waals surface area contributed by atoms with Crippen LogP contribution in [0, 0.1) is 18.6 Å². The number of benzene rings is 1. The van der Waals surface area contributed by atoms with E-state index in [9.17, 15) is 8.78 Å². The molecule has 0 fully saturated rings. The molecule has 2 aromatic rings. The van der Waals surface area contributed by atoms with Crippen molar-refractivity contribution in [3.05, 3.63) is 57.3 Å². The highest BCUT2D eigenvalue weighted by atomic mass is 127. The van der Waals surface area contributed by atoms with Gasteiger partial charge in [0.1, 0.15) is 11.6 Å². The molecule has 0 aliphatic rings. The first kappa shape index (κ1) is 19.8. The third-order valence-corrected chi connectivity index (χ3v) is 4.14. The van der Waals surface area contributed by atoms with Crippen molar-refractivity contribution < 1.29 is 8.78 Å². The Bertz CT molecular complexity index is 659. The highest BCUT2D eigenvalue weighted by molar-refractivity contribution is 14.0. The van der Waals surface area contributed by atoms with Crippen molar-refractivity contribution in [2.75, 3.05) is 13.6 Å². The second kappa shape index (κ2) is 9.82. The van der Waals surface area contributed by atoms with Gasteiger partial charge in [0.2, 0.25) is 0 Å². The Morgan fingerprint density at radius 2 is 1.96 bits per heavy atom. The van der Waals surface area contributed by atoms with E-state index in [2.05, 4.69) is 34.7 Å². The first-order chi connectivity index (χ1) is 10.6. The van der Waals surface area contributed by atoms with Crippen molar-refractivity contribution >= 4 is 41.3 Å². The molecule has 1 heterocycles. The molecule has 0 aliphatic carbocycles. The van der Waals surface area contributed by atoms with Crippen molar-refractivity contribution in [3.8, 4) is 0 Å². The van der Waals surface area contributed by atoms with E-state index >= 15 is 0 Å². The average molecular weight is 451 g/mol. The summed E-state index contributed by atoms with van der Waals surface area (Å²) in [4.78, 5) is 6.60. The van der Waals surface area contributed by atoms with Gasteiger partial charge < -0.3 is 10.6 Å². The Kier molecular flexibility index (Phi) is 8.46. The summed E-state index contributed by atoms with van der Waals surface area (Å²) in [6.07, 6.45) is 0.391. The summed E-state index contributed by atoms with van der Waals surface area (Å²) < 4.78 is 26.6. The normalized spacial score (nSPS) is 11.0. The number of halogens is 3. The van der Waals surface area contributed by atoms with Crippen LogP contribution in [-0.4, -0.2) is 19.6 Å². The van der Waals surface area contributed by atoms with E-state index < -0.39 is 5.82 Å². The first-order valence-corrected chi connectivity index (χ1v) is 7.84. The summed E-state index contributed by atoms with van der Waals surface area (Å²) in [6, 6.07) is 7.64. The Labute approximate surface area is 156 Å². The van der Waals surface area contributed by atoms with Crippen LogP contribution in [0.5, 0.6) is 0 Å². The zero-order valence-corrected chi connectivity index (χ0v) is 16.2. The van der Waals surface area contributed by atoms with Gasteiger partial charge in [-0.3, -0.25) is 4.99 Å². The molecule has 7 heteroatoms. The summed E-state index contributed by atoms with van der Waals surface area (Å²) in [5.74, 6) is -0.171. The fourth-order valence-corrected chi connectivity index (χ4v) is 2.85. The Morgan fingerprint density at radius 3 is 2.61 bits per heavy atom. The molecule has 0 spiro atoms. The number of thiophene rings is 1. The van der Waals surface area contributed by atoms with E-state index in [4.69, 9.17) is 0 Å². The smallest absolute Gasteiger partial charge is 0.191 e. The lowest BCUT2D eigenvalue weighted by atomic mass is 10.1. The molecule has 0 atom stereocenters. The quantitative estimate of drug-likeness (QED) is 0.412. The molecule has 0 saturated heterocycles. The summed E-state index contributed by atoms with van der Waals surface area (Å²) in [7, 11) is 1.68. The van der Waals surface area contributed by atoms with Crippen LogP contribution in [0.1, 0.15) is 15.3 Å². The molecule has 1 aromatic heterocycles. The van der Waals surface area contributed by atoms with E-state index in [0.29, 0.717) is 31.0 Å². The Hall–Kier alpha value is -1.22. The molecular weight excluding hydrogens is 431 g/mol. The number of aliphatic imine (C=N–C) groups is 1.